The molecule has 0 bridgehead atoms. The van der Waals surface area contributed by atoms with Crippen LogP contribution in [-0.2, 0) is 14.3 Å². The zero-order valence-corrected chi connectivity index (χ0v) is 24.0. The third-order valence-corrected chi connectivity index (χ3v) is 9.57. The Hall–Kier alpha value is -2.32. The lowest BCUT2D eigenvalue weighted by molar-refractivity contribution is -0.227. The van der Waals surface area contributed by atoms with Gasteiger partial charge in [0, 0.05) is 23.8 Å². The molecule has 8 nitrogen and oxygen atoms in total. The van der Waals surface area contributed by atoms with Crippen LogP contribution in [0.3, 0.4) is 0 Å². The normalized spacial score (nSPS) is 33.2. The maximum absolute atomic E-state index is 14.2. The van der Waals surface area contributed by atoms with Gasteiger partial charge < -0.3 is 29.5 Å². The summed E-state index contributed by atoms with van der Waals surface area (Å²) in [6.07, 6.45) is 2.09. The molecule has 3 aliphatic rings. The molecule has 0 radical (unpaired) electrons. The standard InChI is InChI=1S/C30H44O8/c1-9-15(2)25(36-17(4)31)16(3)18-14-19(32)22-24(34)27-29(7)12-10-20(28(5,6)35)37-21(29)11-13-30(27,8)38-26(22)23(18)33/h14-16,20-21,25,27,32-33,35H,9-13H2,1-8H3/t15-,16-,20+,21+,25+,27+,29-,30+/m0/s1. The van der Waals surface area contributed by atoms with Crippen molar-refractivity contribution in [1.29, 1.82) is 0 Å². The SMILES string of the molecule is CC[C@H](C)[C@@H](OC(C)=O)[C@@H](C)c1cc(O)c2c(c1O)O[C@]1(C)CC[C@H]3O[C@@H](C(C)(C)O)CC[C@]3(C)[C@H]1C2=O. The molecule has 1 aromatic carbocycles. The molecule has 1 saturated heterocycles. The van der Waals surface area contributed by atoms with Crippen molar-refractivity contribution in [2.45, 2.75) is 123 Å². The van der Waals surface area contributed by atoms with Gasteiger partial charge in [0.15, 0.2) is 17.3 Å². The van der Waals surface area contributed by atoms with E-state index in [0.29, 0.717) is 31.2 Å². The minimum Gasteiger partial charge on any atom is -0.507 e. The second kappa shape index (κ2) is 9.70. The molecule has 0 spiro atoms. The van der Waals surface area contributed by atoms with E-state index in [2.05, 4.69) is 0 Å². The number of benzene rings is 1. The quantitative estimate of drug-likeness (QED) is 0.335. The highest BCUT2D eigenvalue weighted by molar-refractivity contribution is 6.06. The summed E-state index contributed by atoms with van der Waals surface area (Å²) in [5.41, 5.74) is -2.10. The summed E-state index contributed by atoms with van der Waals surface area (Å²) in [5.74, 6) is -2.18. The first kappa shape index (κ1) is 28.7. The largest absolute Gasteiger partial charge is 0.507 e. The van der Waals surface area contributed by atoms with Gasteiger partial charge in [0.05, 0.1) is 23.7 Å². The summed E-state index contributed by atoms with van der Waals surface area (Å²) in [7, 11) is 0. The molecule has 3 N–H and O–H groups in total. The maximum Gasteiger partial charge on any atom is 0.302 e. The number of fused-ring (bicyclic) bond motifs is 4. The number of hydrogen-bond donors (Lipinski definition) is 3. The summed E-state index contributed by atoms with van der Waals surface area (Å²) in [4.78, 5) is 26.0. The number of rotatable bonds is 6. The molecule has 2 fully saturated rings. The van der Waals surface area contributed by atoms with Crippen LogP contribution < -0.4 is 4.74 Å². The molecule has 0 unspecified atom stereocenters. The summed E-state index contributed by atoms with van der Waals surface area (Å²) in [6, 6.07) is 1.41. The highest BCUT2D eigenvalue weighted by Gasteiger charge is 2.63. The summed E-state index contributed by atoms with van der Waals surface area (Å²) in [5, 5.41) is 33.1. The first-order valence-electron chi connectivity index (χ1n) is 13.9. The van der Waals surface area contributed by atoms with Crippen molar-refractivity contribution in [2.24, 2.45) is 17.3 Å². The van der Waals surface area contributed by atoms with E-state index in [-0.39, 0.29) is 46.7 Å². The topological polar surface area (TPSA) is 123 Å². The first-order chi connectivity index (χ1) is 17.5. The van der Waals surface area contributed by atoms with Gasteiger partial charge in [-0.15, -0.1) is 0 Å². The minimum absolute atomic E-state index is 0.00479. The van der Waals surface area contributed by atoms with Crippen LogP contribution in [0, 0.1) is 17.3 Å². The van der Waals surface area contributed by atoms with E-state index >= 15 is 0 Å². The summed E-state index contributed by atoms with van der Waals surface area (Å²) in [6.45, 7) is 14.6. The van der Waals surface area contributed by atoms with Gasteiger partial charge in [0.25, 0.3) is 0 Å². The third-order valence-electron chi connectivity index (χ3n) is 9.57. The fraction of sp³-hybridized carbons (Fsp3) is 0.733. The van der Waals surface area contributed by atoms with Crippen molar-refractivity contribution in [3.63, 3.8) is 0 Å². The smallest absolute Gasteiger partial charge is 0.302 e. The van der Waals surface area contributed by atoms with E-state index in [0.717, 1.165) is 6.42 Å². The number of Topliss-reactive ketones (excluding diaryl/α,β-unsaturated/α-hetero) is 1. The van der Waals surface area contributed by atoms with Crippen molar-refractivity contribution in [3.8, 4) is 17.2 Å². The van der Waals surface area contributed by atoms with Gasteiger partial charge in [-0.1, -0.05) is 34.1 Å². The van der Waals surface area contributed by atoms with Gasteiger partial charge in [-0.05, 0) is 58.4 Å². The number of hydrogen-bond acceptors (Lipinski definition) is 8. The number of ether oxygens (including phenoxy) is 3. The Labute approximate surface area is 225 Å². The monoisotopic (exact) mass is 532 g/mol. The molecule has 2 heterocycles. The van der Waals surface area contributed by atoms with Crippen LogP contribution in [0.1, 0.15) is 109 Å². The van der Waals surface area contributed by atoms with Crippen LogP contribution >= 0.6 is 0 Å². The molecule has 1 saturated carbocycles. The molecule has 38 heavy (non-hydrogen) atoms. The molecule has 4 rings (SSSR count). The zero-order chi connectivity index (χ0) is 28.4. The predicted octanol–water partition coefficient (Wildman–Crippen LogP) is 5.25. The number of carbonyl (C=O) groups excluding carboxylic acids is 2. The summed E-state index contributed by atoms with van der Waals surface area (Å²) >= 11 is 0. The van der Waals surface area contributed by atoms with Crippen molar-refractivity contribution in [2.75, 3.05) is 0 Å². The number of ketones is 1. The molecule has 1 aromatic rings. The number of phenols is 2. The van der Waals surface area contributed by atoms with Gasteiger partial charge in [-0.3, -0.25) is 9.59 Å². The third kappa shape index (κ3) is 4.57. The fourth-order valence-electron chi connectivity index (χ4n) is 7.25. The Morgan fingerprint density at radius 1 is 1.21 bits per heavy atom. The minimum atomic E-state index is -0.988. The van der Waals surface area contributed by atoms with Crippen molar-refractivity contribution < 1.29 is 39.1 Å². The van der Waals surface area contributed by atoms with Gasteiger partial charge in [-0.2, -0.15) is 0 Å². The molecule has 0 aromatic heterocycles. The summed E-state index contributed by atoms with van der Waals surface area (Å²) < 4.78 is 18.5. The van der Waals surface area contributed by atoms with Crippen LogP contribution in [0.2, 0.25) is 0 Å². The molecule has 8 heteroatoms. The first-order valence-corrected chi connectivity index (χ1v) is 13.9. The Morgan fingerprint density at radius 3 is 2.45 bits per heavy atom. The Balaban J connectivity index is 1.75. The van der Waals surface area contributed by atoms with E-state index in [1.165, 1.54) is 13.0 Å². The highest BCUT2D eigenvalue weighted by atomic mass is 16.5. The second-order valence-corrected chi connectivity index (χ2v) is 12.8. The van der Waals surface area contributed by atoms with Crippen LogP contribution in [0.4, 0.5) is 0 Å². The molecule has 8 atom stereocenters. The van der Waals surface area contributed by atoms with Crippen LogP contribution in [0.25, 0.3) is 0 Å². The average Bonchev–Trinajstić information content (AvgIpc) is 2.81. The van der Waals surface area contributed by atoms with Crippen LogP contribution in [-0.4, -0.2) is 56.6 Å². The molecular formula is C30H44O8. The van der Waals surface area contributed by atoms with E-state index in [4.69, 9.17) is 14.2 Å². The van der Waals surface area contributed by atoms with Crippen molar-refractivity contribution in [1.82, 2.24) is 0 Å². The van der Waals surface area contributed by atoms with Gasteiger partial charge in [-0.25, -0.2) is 0 Å². The lowest BCUT2D eigenvalue weighted by atomic mass is 9.53. The van der Waals surface area contributed by atoms with Gasteiger partial charge in [0.1, 0.15) is 23.0 Å². The molecule has 0 amide bonds. The van der Waals surface area contributed by atoms with Gasteiger partial charge in [0.2, 0.25) is 0 Å². The van der Waals surface area contributed by atoms with E-state index < -0.39 is 40.5 Å². The average molecular weight is 533 g/mol. The molecule has 212 valence electrons. The predicted molar refractivity (Wildman–Crippen MR) is 142 cm³/mol. The lowest BCUT2D eigenvalue weighted by Crippen LogP contribution is -2.65. The lowest BCUT2D eigenvalue weighted by Gasteiger charge is -2.59. The fourth-order valence-corrected chi connectivity index (χ4v) is 7.25. The highest BCUT2D eigenvalue weighted by Crippen LogP contribution is 2.60. The molecular weight excluding hydrogens is 488 g/mol. The van der Waals surface area contributed by atoms with Crippen molar-refractivity contribution >= 4 is 11.8 Å². The maximum atomic E-state index is 14.2. The number of phenolic OH excluding ortho intramolecular Hbond substituents is 2. The van der Waals surface area contributed by atoms with Crippen molar-refractivity contribution in [3.05, 3.63) is 17.2 Å². The molecule has 2 aliphatic heterocycles. The Bertz CT molecular complexity index is 1110. The second-order valence-electron chi connectivity index (χ2n) is 12.8. The number of carbonyl (C=O) groups is 2. The van der Waals surface area contributed by atoms with E-state index in [1.807, 2.05) is 34.6 Å². The number of aromatic hydroxyl groups is 2. The number of aliphatic hydroxyl groups is 1. The number of esters is 1. The van der Waals surface area contributed by atoms with E-state index in [1.54, 1.807) is 13.8 Å². The van der Waals surface area contributed by atoms with Gasteiger partial charge >= 0.3 is 5.97 Å². The van der Waals surface area contributed by atoms with E-state index in [9.17, 15) is 24.9 Å². The zero-order valence-electron chi connectivity index (χ0n) is 24.0. The van der Waals surface area contributed by atoms with Crippen LogP contribution in [0.5, 0.6) is 17.2 Å². The Morgan fingerprint density at radius 2 is 1.87 bits per heavy atom. The molecule has 1 aliphatic carbocycles. The Kier molecular flexibility index (Phi) is 7.32. The van der Waals surface area contributed by atoms with Crippen LogP contribution in [0.15, 0.2) is 6.07 Å².